The van der Waals surface area contributed by atoms with Crippen molar-refractivity contribution in [3.05, 3.63) is 52.5 Å². The summed E-state index contributed by atoms with van der Waals surface area (Å²) in [5.74, 6) is 2.24. The van der Waals surface area contributed by atoms with Gasteiger partial charge in [-0.1, -0.05) is 18.2 Å². The number of benzene rings is 2. The fourth-order valence-corrected chi connectivity index (χ4v) is 2.44. The molecule has 0 amide bonds. The van der Waals surface area contributed by atoms with Gasteiger partial charge in [0.15, 0.2) is 11.5 Å². The number of rotatable bonds is 6. The van der Waals surface area contributed by atoms with Gasteiger partial charge in [-0.15, -0.1) is 0 Å². The zero-order valence-corrected chi connectivity index (χ0v) is 14.1. The highest BCUT2D eigenvalue weighted by molar-refractivity contribution is 9.10. The van der Waals surface area contributed by atoms with Crippen LogP contribution in [0.4, 0.5) is 0 Å². The second-order valence-corrected chi connectivity index (χ2v) is 5.54. The lowest BCUT2D eigenvalue weighted by molar-refractivity contribution is 0.321. The second-order valence-electron chi connectivity index (χ2n) is 4.68. The van der Waals surface area contributed by atoms with Crippen molar-refractivity contribution in [2.75, 3.05) is 13.7 Å². The van der Waals surface area contributed by atoms with Crippen molar-refractivity contribution >= 4 is 15.9 Å². The van der Waals surface area contributed by atoms with Crippen LogP contribution in [0, 0.1) is 0 Å². The average molecular weight is 350 g/mol. The molecule has 0 radical (unpaired) electrons. The van der Waals surface area contributed by atoms with Crippen molar-refractivity contribution in [2.24, 2.45) is 0 Å². The first-order chi connectivity index (χ1) is 10.2. The summed E-state index contributed by atoms with van der Waals surface area (Å²) in [7, 11) is 1.95. The molecule has 21 heavy (non-hydrogen) atoms. The smallest absolute Gasteiger partial charge is 0.169 e. The van der Waals surface area contributed by atoms with Crippen molar-refractivity contribution in [2.45, 2.75) is 19.9 Å². The number of para-hydroxylation sites is 2. The maximum absolute atomic E-state index is 5.97. The number of hydrogen-bond donors (Lipinski definition) is 1. The molecule has 0 aliphatic heterocycles. The third-order valence-electron chi connectivity index (χ3n) is 3.26. The molecule has 0 aromatic heterocycles. The minimum absolute atomic E-state index is 0.297. The van der Waals surface area contributed by atoms with Gasteiger partial charge in [0.1, 0.15) is 5.75 Å². The summed E-state index contributed by atoms with van der Waals surface area (Å²) < 4.78 is 12.5. The van der Waals surface area contributed by atoms with E-state index in [1.54, 1.807) is 0 Å². The predicted octanol–water partition coefficient (Wildman–Crippen LogP) is 4.92. The molecule has 0 aliphatic carbocycles. The van der Waals surface area contributed by atoms with Gasteiger partial charge in [0.25, 0.3) is 0 Å². The van der Waals surface area contributed by atoms with Crippen LogP contribution >= 0.6 is 15.9 Å². The summed E-state index contributed by atoms with van der Waals surface area (Å²) in [6.45, 7) is 4.69. The van der Waals surface area contributed by atoms with Gasteiger partial charge in [0.05, 0.1) is 11.1 Å². The summed E-state index contributed by atoms with van der Waals surface area (Å²) in [6, 6.07) is 14.1. The quantitative estimate of drug-likeness (QED) is 0.802. The Bertz CT molecular complexity index is 601. The first-order valence-electron chi connectivity index (χ1n) is 7.02. The van der Waals surface area contributed by atoms with Crippen LogP contribution in [0.1, 0.15) is 25.5 Å². The van der Waals surface area contributed by atoms with E-state index < -0.39 is 0 Å². The highest BCUT2D eigenvalue weighted by Gasteiger charge is 2.10. The molecule has 0 bridgehead atoms. The maximum Gasteiger partial charge on any atom is 0.169 e. The molecule has 2 aromatic rings. The number of ether oxygens (including phenoxy) is 2. The lowest BCUT2D eigenvalue weighted by Gasteiger charge is -2.15. The molecule has 1 atom stereocenters. The van der Waals surface area contributed by atoms with Gasteiger partial charge in [0.2, 0.25) is 0 Å². The van der Waals surface area contributed by atoms with Crippen LogP contribution in [-0.2, 0) is 0 Å². The van der Waals surface area contributed by atoms with E-state index in [2.05, 4.69) is 40.3 Å². The van der Waals surface area contributed by atoms with E-state index in [1.807, 2.05) is 44.3 Å². The van der Waals surface area contributed by atoms with Crippen molar-refractivity contribution in [1.29, 1.82) is 0 Å². The molecule has 0 heterocycles. The Morgan fingerprint density at radius 1 is 1.10 bits per heavy atom. The highest BCUT2D eigenvalue weighted by Crippen LogP contribution is 2.36. The Labute approximate surface area is 134 Å². The lowest BCUT2D eigenvalue weighted by atomic mass is 10.1. The Balaban J connectivity index is 2.24. The third kappa shape index (κ3) is 3.99. The number of nitrogens with one attached hydrogen (secondary N) is 1. The van der Waals surface area contributed by atoms with E-state index in [1.165, 1.54) is 5.56 Å². The molecule has 1 unspecified atom stereocenters. The monoisotopic (exact) mass is 349 g/mol. The van der Waals surface area contributed by atoms with Gasteiger partial charge in [-0.2, -0.15) is 0 Å². The van der Waals surface area contributed by atoms with Crippen LogP contribution in [-0.4, -0.2) is 13.7 Å². The van der Waals surface area contributed by atoms with Crippen molar-refractivity contribution < 1.29 is 9.47 Å². The SMILES string of the molecule is CCOc1ccccc1Oc1ccc(C(C)NC)cc1Br. The van der Waals surface area contributed by atoms with E-state index >= 15 is 0 Å². The van der Waals surface area contributed by atoms with E-state index in [0.717, 1.165) is 21.7 Å². The fourth-order valence-electron chi connectivity index (χ4n) is 1.96. The predicted molar refractivity (Wildman–Crippen MR) is 89.3 cm³/mol. The normalized spacial score (nSPS) is 12.0. The van der Waals surface area contributed by atoms with Crippen LogP contribution < -0.4 is 14.8 Å². The Hall–Kier alpha value is -1.52. The van der Waals surface area contributed by atoms with E-state index in [4.69, 9.17) is 9.47 Å². The van der Waals surface area contributed by atoms with Crippen molar-refractivity contribution in [3.63, 3.8) is 0 Å². The topological polar surface area (TPSA) is 30.5 Å². The van der Waals surface area contributed by atoms with Gasteiger partial charge in [-0.05, 0) is 66.7 Å². The summed E-state index contributed by atoms with van der Waals surface area (Å²) in [4.78, 5) is 0. The van der Waals surface area contributed by atoms with Gasteiger partial charge in [-0.25, -0.2) is 0 Å². The van der Waals surface area contributed by atoms with Crippen LogP contribution in [0.3, 0.4) is 0 Å². The molecular weight excluding hydrogens is 330 g/mol. The molecular formula is C17H20BrNO2. The first-order valence-corrected chi connectivity index (χ1v) is 7.81. The first kappa shape index (κ1) is 15.9. The van der Waals surface area contributed by atoms with Crippen LogP contribution in [0.15, 0.2) is 46.9 Å². The molecule has 0 aliphatic rings. The number of halogens is 1. The lowest BCUT2D eigenvalue weighted by Crippen LogP contribution is -2.12. The molecule has 1 N–H and O–H groups in total. The summed E-state index contributed by atoms with van der Waals surface area (Å²) in [5, 5.41) is 3.22. The van der Waals surface area contributed by atoms with Crippen molar-refractivity contribution in [1.82, 2.24) is 5.32 Å². The van der Waals surface area contributed by atoms with Gasteiger partial charge in [-0.3, -0.25) is 0 Å². The summed E-state index contributed by atoms with van der Waals surface area (Å²) >= 11 is 3.57. The zero-order chi connectivity index (χ0) is 15.2. The molecule has 2 aromatic carbocycles. The van der Waals surface area contributed by atoms with Gasteiger partial charge < -0.3 is 14.8 Å². The molecule has 2 rings (SSSR count). The maximum atomic E-state index is 5.97. The molecule has 3 nitrogen and oxygen atoms in total. The van der Waals surface area contributed by atoms with Crippen molar-refractivity contribution in [3.8, 4) is 17.2 Å². The molecule has 0 saturated carbocycles. The molecule has 4 heteroatoms. The minimum Gasteiger partial charge on any atom is -0.490 e. The summed E-state index contributed by atoms with van der Waals surface area (Å²) in [5.41, 5.74) is 1.20. The Morgan fingerprint density at radius 2 is 1.81 bits per heavy atom. The second kappa shape index (κ2) is 7.48. The highest BCUT2D eigenvalue weighted by atomic mass is 79.9. The van der Waals surface area contributed by atoms with E-state index in [9.17, 15) is 0 Å². The third-order valence-corrected chi connectivity index (χ3v) is 3.88. The van der Waals surface area contributed by atoms with Gasteiger partial charge in [0, 0.05) is 6.04 Å². The van der Waals surface area contributed by atoms with E-state index in [0.29, 0.717) is 12.6 Å². The standard InChI is InChI=1S/C17H20BrNO2/c1-4-20-16-7-5-6-8-17(16)21-15-10-9-13(11-14(15)18)12(2)19-3/h5-12,19H,4H2,1-3H3. The van der Waals surface area contributed by atoms with Crippen LogP contribution in [0.25, 0.3) is 0 Å². The van der Waals surface area contributed by atoms with Crippen LogP contribution in [0.2, 0.25) is 0 Å². The van der Waals surface area contributed by atoms with Gasteiger partial charge >= 0.3 is 0 Å². The molecule has 0 saturated heterocycles. The Kier molecular flexibility index (Phi) is 5.65. The number of hydrogen-bond acceptors (Lipinski definition) is 3. The molecule has 112 valence electrons. The largest absolute Gasteiger partial charge is 0.490 e. The minimum atomic E-state index is 0.297. The zero-order valence-electron chi connectivity index (χ0n) is 12.5. The summed E-state index contributed by atoms with van der Waals surface area (Å²) in [6.07, 6.45) is 0. The fraction of sp³-hybridized carbons (Fsp3) is 0.294. The van der Waals surface area contributed by atoms with Crippen LogP contribution in [0.5, 0.6) is 17.2 Å². The molecule has 0 fully saturated rings. The van der Waals surface area contributed by atoms with E-state index in [-0.39, 0.29) is 0 Å². The average Bonchev–Trinajstić information content (AvgIpc) is 2.50. The Morgan fingerprint density at radius 3 is 2.43 bits per heavy atom. The molecule has 0 spiro atoms.